The number of halogens is 3. The van der Waals surface area contributed by atoms with Crippen LogP contribution in [0.15, 0.2) is 36.5 Å². The molecule has 0 saturated carbocycles. The van der Waals surface area contributed by atoms with Gasteiger partial charge in [-0.15, -0.1) is 0 Å². The highest BCUT2D eigenvalue weighted by Gasteiger charge is 2.28. The Kier molecular flexibility index (Phi) is 5.52. The van der Waals surface area contributed by atoms with Crippen molar-refractivity contribution in [3.63, 3.8) is 0 Å². The summed E-state index contributed by atoms with van der Waals surface area (Å²) in [4.78, 5) is 33.6. The zero-order valence-corrected chi connectivity index (χ0v) is 14.8. The van der Waals surface area contributed by atoms with Crippen LogP contribution in [0, 0.1) is 0 Å². The van der Waals surface area contributed by atoms with E-state index in [4.69, 9.17) is 5.73 Å². The van der Waals surface area contributed by atoms with E-state index < -0.39 is 24.5 Å². The van der Waals surface area contributed by atoms with Gasteiger partial charge in [-0.25, -0.2) is 4.98 Å². The van der Waals surface area contributed by atoms with Gasteiger partial charge in [-0.05, 0) is 30.3 Å². The number of nitrogens with one attached hydrogen (secondary N) is 4. The van der Waals surface area contributed by atoms with Gasteiger partial charge in [0.1, 0.15) is 18.2 Å². The standard InChI is InChI=1S/C17H16F3N7O2/c18-17(19,20)8-24-14-11-5-6-22-13(11)26-16(27-14)25-10-3-1-9(2-4-10)15(29)23-7-12(21)28/h1-6H,7-8H2,(H2,21,28)(H,23,29)(H3,22,24,25,26,27). The molecule has 152 valence electrons. The van der Waals surface area contributed by atoms with Crippen molar-refractivity contribution in [3.8, 4) is 11.4 Å². The number of aromatic nitrogens is 3. The number of fused-ring (bicyclic) bond motifs is 1. The third kappa shape index (κ3) is 5.34. The van der Waals surface area contributed by atoms with Crippen LogP contribution in [-0.2, 0) is 4.79 Å². The summed E-state index contributed by atoms with van der Waals surface area (Å²) >= 11 is 0. The molecule has 29 heavy (non-hydrogen) atoms. The number of carbonyl (C=O) groups is 2. The Morgan fingerprint density at radius 1 is 1.14 bits per heavy atom. The summed E-state index contributed by atoms with van der Waals surface area (Å²) in [6, 6.07) is 7.68. The summed E-state index contributed by atoms with van der Waals surface area (Å²) in [6.45, 7) is -1.52. The second-order valence-corrected chi connectivity index (χ2v) is 5.96. The number of nitrogens with two attached hydrogens (primary N) is 1. The van der Waals surface area contributed by atoms with Gasteiger partial charge < -0.3 is 26.7 Å². The molecule has 1 aromatic rings. The Bertz CT molecular complexity index is 986. The zero-order valence-electron chi connectivity index (χ0n) is 14.8. The number of hydrogen-bond donors (Lipinski definition) is 5. The highest BCUT2D eigenvalue weighted by atomic mass is 19.4. The third-order valence-electron chi connectivity index (χ3n) is 3.70. The number of aromatic amines is 1. The monoisotopic (exact) mass is 407 g/mol. The molecule has 0 fully saturated rings. The summed E-state index contributed by atoms with van der Waals surface area (Å²) in [6.07, 6.45) is -2.95. The molecular formula is C17H16F3N7O2. The zero-order chi connectivity index (χ0) is 21.0. The number of primary amides is 1. The van der Waals surface area contributed by atoms with E-state index in [0.29, 0.717) is 22.6 Å². The first-order chi connectivity index (χ1) is 13.7. The molecule has 12 heteroatoms. The predicted octanol–water partition coefficient (Wildman–Crippen LogP) is 1.84. The van der Waals surface area contributed by atoms with E-state index in [9.17, 15) is 22.8 Å². The molecule has 0 aromatic heterocycles. The predicted molar refractivity (Wildman–Crippen MR) is 98.8 cm³/mol. The highest BCUT2D eigenvalue weighted by Crippen LogP contribution is 2.29. The molecule has 2 heterocycles. The van der Waals surface area contributed by atoms with Gasteiger partial charge in [0, 0.05) is 17.4 Å². The molecular weight excluding hydrogens is 391 g/mol. The van der Waals surface area contributed by atoms with Crippen LogP contribution >= 0.6 is 0 Å². The summed E-state index contributed by atoms with van der Waals surface area (Å²) in [5, 5.41) is 7.52. The normalized spacial score (nSPS) is 11.3. The van der Waals surface area contributed by atoms with E-state index in [0.717, 1.165) is 0 Å². The molecule has 2 aliphatic rings. The number of hydrogen-bond acceptors (Lipinski definition) is 6. The molecule has 0 aliphatic carbocycles. The number of alkyl halides is 3. The van der Waals surface area contributed by atoms with Gasteiger partial charge in [-0.2, -0.15) is 18.2 Å². The van der Waals surface area contributed by atoms with E-state index in [1.165, 1.54) is 18.3 Å². The lowest BCUT2D eigenvalue weighted by atomic mass is 10.2. The van der Waals surface area contributed by atoms with Crippen LogP contribution in [0.4, 0.5) is 30.6 Å². The number of rotatable bonds is 7. The lowest BCUT2D eigenvalue weighted by Gasteiger charge is -2.14. The van der Waals surface area contributed by atoms with Crippen LogP contribution in [0.25, 0.3) is 11.4 Å². The Morgan fingerprint density at radius 3 is 2.52 bits per heavy atom. The minimum Gasteiger partial charge on any atom is -0.368 e. The lowest BCUT2D eigenvalue weighted by molar-refractivity contribution is -0.117. The second-order valence-electron chi connectivity index (χ2n) is 5.96. The molecule has 0 atom stereocenters. The van der Waals surface area contributed by atoms with Crippen LogP contribution in [0.1, 0.15) is 10.4 Å². The first-order valence-corrected chi connectivity index (χ1v) is 8.30. The topological polar surface area (TPSA) is 138 Å². The Morgan fingerprint density at radius 2 is 1.86 bits per heavy atom. The molecule has 9 nitrogen and oxygen atoms in total. The largest absolute Gasteiger partial charge is 0.405 e. The molecule has 0 spiro atoms. The number of nitrogens with zero attached hydrogens (tertiary/aromatic N) is 2. The van der Waals surface area contributed by atoms with Crippen molar-refractivity contribution in [3.05, 3.63) is 42.1 Å². The van der Waals surface area contributed by atoms with E-state index in [1.807, 2.05) is 0 Å². The van der Waals surface area contributed by atoms with Gasteiger partial charge in [0.15, 0.2) is 0 Å². The van der Waals surface area contributed by atoms with Crippen molar-refractivity contribution < 1.29 is 22.8 Å². The second kappa shape index (κ2) is 8.04. The van der Waals surface area contributed by atoms with Crippen molar-refractivity contribution in [2.24, 2.45) is 5.73 Å². The molecule has 1 aromatic carbocycles. The van der Waals surface area contributed by atoms with Gasteiger partial charge >= 0.3 is 6.18 Å². The molecule has 0 bridgehead atoms. The van der Waals surface area contributed by atoms with Gasteiger partial charge in [0.2, 0.25) is 11.9 Å². The Hall–Kier alpha value is -3.83. The van der Waals surface area contributed by atoms with Crippen LogP contribution in [0.3, 0.4) is 0 Å². The van der Waals surface area contributed by atoms with Crippen molar-refractivity contribution >= 4 is 29.3 Å². The Labute approximate surface area is 162 Å². The number of carbonyl (C=O) groups excluding carboxylic acids is 2. The molecule has 2 amide bonds. The van der Waals surface area contributed by atoms with E-state index in [2.05, 4.69) is 30.9 Å². The molecule has 0 unspecified atom stereocenters. The average Bonchev–Trinajstić information content (AvgIpc) is 3.13. The summed E-state index contributed by atoms with van der Waals surface area (Å²) < 4.78 is 37.6. The van der Waals surface area contributed by atoms with Gasteiger partial charge in [-0.3, -0.25) is 9.59 Å². The van der Waals surface area contributed by atoms with Crippen LogP contribution in [0.5, 0.6) is 0 Å². The maximum Gasteiger partial charge on any atom is 0.405 e. The van der Waals surface area contributed by atoms with Gasteiger partial charge in [0.25, 0.3) is 5.91 Å². The number of benzene rings is 1. The van der Waals surface area contributed by atoms with Crippen LogP contribution in [0.2, 0.25) is 0 Å². The summed E-state index contributed by atoms with van der Waals surface area (Å²) in [5.41, 5.74) is 6.21. The molecule has 0 radical (unpaired) electrons. The van der Waals surface area contributed by atoms with E-state index >= 15 is 0 Å². The van der Waals surface area contributed by atoms with Crippen LogP contribution in [-0.4, -0.2) is 46.0 Å². The quantitative estimate of drug-likeness (QED) is 0.405. The van der Waals surface area contributed by atoms with Crippen molar-refractivity contribution in [2.45, 2.75) is 6.18 Å². The van der Waals surface area contributed by atoms with Crippen molar-refractivity contribution in [1.29, 1.82) is 0 Å². The Balaban J connectivity index is 1.75. The minimum absolute atomic E-state index is 0.0264. The van der Waals surface area contributed by atoms with Gasteiger partial charge in [0.05, 0.1) is 12.1 Å². The first kappa shape index (κ1) is 19.9. The molecule has 6 N–H and O–H groups in total. The number of H-pyrrole nitrogens is 1. The smallest absolute Gasteiger partial charge is 0.368 e. The molecule has 2 aliphatic heterocycles. The van der Waals surface area contributed by atoms with E-state index in [-0.39, 0.29) is 18.3 Å². The SMILES string of the molecule is NC(=O)CNC(=O)c1ccc(Nc2nc(NCC(F)(F)F)c3ccnc-3[nH]2)cc1. The number of amides is 2. The number of anilines is 3. The third-order valence-corrected chi connectivity index (χ3v) is 3.70. The van der Waals surface area contributed by atoms with Gasteiger partial charge in [-0.1, -0.05) is 0 Å². The molecule has 3 rings (SSSR count). The molecule has 0 saturated heterocycles. The first-order valence-electron chi connectivity index (χ1n) is 8.30. The van der Waals surface area contributed by atoms with Crippen LogP contribution < -0.4 is 21.7 Å². The summed E-state index contributed by atoms with van der Waals surface area (Å²) in [5.74, 6) is -0.592. The fourth-order valence-corrected chi connectivity index (χ4v) is 2.43. The van der Waals surface area contributed by atoms with Crippen molar-refractivity contribution in [2.75, 3.05) is 23.7 Å². The fourth-order valence-electron chi connectivity index (χ4n) is 2.43. The lowest BCUT2D eigenvalue weighted by Crippen LogP contribution is -2.33. The highest BCUT2D eigenvalue weighted by molar-refractivity contribution is 5.96. The maximum atomic E-state index is 12.5. The summed E-state index contributed by atoms with van der Waals surface area (Å²) in [7, 11) is 0. The fraction of sp³-hybridized carbons (Fsp3) is 0.176. The average molecular weight is 407 g/mol. The van der Waals surface area contributed by atoms with Crippen molar-refractivity contribution in [1.82, 2.24) is 20.3 Å². The minimum atomic E-state index is -4.40. The van der Waals surface area contributed by atoms with E-state index in [1.54, 1.807) is 18.2 Å². The maximum absolute atomic E-state index is 12.5.